The van der Waals surface area contributed by atoms with Gasteiger partial charge in [0, 0.05) is 9.80 Å². The second-order valence-corrected chi connectivity index (χ2v) is 6.01. The third kappa shape index (κ3) is 3.83. The van der Waals surface area contributed by atoms with Gasteiger partial charge in [-0.05, 0) is 54.3 Å². The summed E-state index contributed by atoms with van der Waals surface area (Å²) in [6, 6.07) is 12.5. The minimum atomic E-state index is 0.602. The molecule has 1 nitrogen and oxygen atoms in total. The summed E-state index contributed by atoms with van der Waals surface area (Å²) in [5.41, 5.74) is 5.01. The molecule has 0 amide bonds. The van der Waals surface area contributed by atoms with Crippen LogP contribution in [0, 0.1) is 13.8 Å². The molecule has 0 heterocycles. The van der Waals surface area contributed by atoms with Gasteiger partial charge in [0.25, 0.3) is 0 Å². The van der Waals surface area contributed by atoms with Crippen LogP contribution in [-0.4, -0.2) is 0 Å². The van der Waals surface area contributed by atoms with Gasteiger partial charge >= 0.3 is 0 Å². The van der Waals surface area contributed by atoms with E-state index < -0.39 is 0 Å². The molecule has 0 bridgehead atoms. The van der Waals surface area contributed by atoms with Crippen molar-refractivity contribution in [3.05, 3.63) is 63.1 Å². The summed E-state index contributed by atoms with van der Waals surface area (Å²) in [7, 11) is 0. The van der Waals surface area contributed by atoms with Gasteiger partial charge in [0.2, 0.25) is 0 Å². The summed E-state index contributed by atoms with van der Waals surface area (Å²) in [4.78, 5) is 0. The molecule has 0 fully saturated rings. The molecule has 0 unspecified atom stereocenters. The molecule has 0 atom stereocenters. The largest absolute Gasteiger partial charge is 0.489 e. The summed E-state index contributed by atoms with van der Waals surface area (Å²) in [6.07, 6.45) is 0. The van der Waals surface area contributed by atoms with Crippen molar-refractivity contribution in [1.29, 1.82) is 0 Å². The van der Waals surface area contributed by atoms with E-state index in [1.165, 1.54) is 22.3 Å². The standard InChI is InChI=1S/C16H16Br2O/c1-11-3-4-13(7-12(11)2)10-19-15-5-6-16(18)14(8-15)9-17/h3-8H,9-10H2,1-2H3. The smallest absolute Gasteiger partial charge is 0.120 e. The maximum absolute atomic E-state index is 5.84. The Balaban J connectivity index is 2.07. The van der Waals surface area contributed by atoms with E-state index >= 15 is 0 Å². The van der Waals surface area contributed by atoms with E-state index in [2.05, 4.69) is 70.0 Å². The molecule has 100 valence electrons. The molecule has 0 aromatic heterocycles. The van der Waals surface area contributed by atoms with Crippen LogP contribution in [0.5, 0.6) is 5.75 Å². The monoisotopic (exact) mass is 382 g/mol. The number of hydrogen-bond donors (Lipinski definition) is 0. The number of ether oxygens (including phenoxy) is 1. The van der Waals surface area contributed by atoms with Crippen LogP contribution in [0.4, 0.5) is 0 Å². The zero-order valence-corrected chi connectivity index (χ0v) is 14.2. The molecule has 19 heavy (non-hydrogen) atoms. The SMILES string of the molecule is Cc1ccc(COc2ccc(Br)c(CBr)c2)cc1C. The van der Waals surface area contributed by atoms with E-state index in [0.29, 0.717) is 6.61 Å². The van der Waals surface area contributed by atoms with E-state index in [4.69, 9.17) is 4.74 Å². The summed E-state index contributed by atoms with van der Waals surface area (Å²) in [5, 5.41) is 0.814. The number of alkyl halides is 1. The molecular weight excluding hydrogens is 368 g/mol. The number of halogens is 2. The third-order valence-electron chi connectivity index (χ3n) is 3.14. The van der Waals surface area contributed by atoms with Gasteiger partial charge in [0.05, 0.1) is 0 Å². The van der Waals surface area contributed by atoms with Crippen LogP contribution in [0.15, 0.2) is 40.9 Å². The van der Waals surface area contributed by atoms with E-state index in [1.54, 1.807) is 0 Å². The Labute approximate surface area is 131 Å². The Kier molecular flexibility index (Phi) is 5.06. The number of hydrogen-bond acceptors (Lipinski definition) is 1. The molecule has 0 aliphatic carbocycles. The van der Waals surface area contributed by atoms with Crippen molar-refractivity contribution in [2.24, 2.45) is 0 Å². The second kappa shape index (κ2) is 6.58. The number of aryl methyl sites for hydroxylation is 2. The molecule has 2 rings (SSSR count). The lowest BCUT2D eigenvalue weighted by Gasteiger charge is -2.10. The highest BCUT2D eigenvalue weighted by Crippen LogP contribution is 2.25. The lowest BCUT2D eigenvalue weighted by atomic mass is 10.1. The van der Waals surface area contributed by atoms with Gasteiger partial charge in [0.15, 0.2) is 0 Å². The minimum absolute atomic E-state index is 0.602. The highest BCUT2D eigenvalue weighted by molar-refractivity contribution is 9.10. The Bertz CT molecular complexity index is 579. The zero-order valence-electron chi connectivity index (χ0n) is 11.0. The summed E-state index contributed by atoms with van der Waals surface area (Å²) in [5.74, 6) is 0.899. The van der Waals surface area contributed by atoms with E-state index in [0.717, 1.165) is 15.6 Å². The topological polar surface area (TPSA) is 9.23 Å². The van der Waals surface area contributed by atoms with Gasteiger partial charge in [-0.25, -0.2) is 0 Å². The molecule has 0 aliphatic rings. The predicted octanol–water partition coefficient (Wildman–Crippen LogP) is 5.54. The number of rotatable bonds is 4. The minimum Gasteiger partial charge on any atom is -0.489 e. The fourth-order valence-electron chi connectivity index (χ4n) is 1.80. The average molecular weight is 384 g/mol. The normalized spacial score (nSPS) is 10.5. The third-order valence-corrected chi connectivity index (χ3v) is 4.52. The van der Waals surface area contributed by atoms with Crippen molar-refractivity contribution in [1.82, 2.24) is 0 Å². The molecule has 0 saturated carbocycles. The quantitative estimate of drug-likeness (QED) is 0.629. The molecule has 0 spiro atoms. The highest BCUT2D eigenvalue weighted by Gasteiger charge is 2.02. The molecule has 0 saturated heterocycles. The molecular formula is C16H16Br2O. The van der Waals surface area contributed by atoms with Crippen LogP contribution < -0.4 is 4.74 Å². The van der Waals surface area contributed by atoms with Crippen molar-refractivity contribution in [2.75, 3.05) is 0 Å². The fourth-order valence-corrected chi connectivity index (χ4v) is 3.03. The maximum atomic E-state index is 5.84. The lowest BCUT2D eigenvalue weighted by Crippen LogP contribution is -1.97. The predicted molar refractivity (Wildman–Crippen MR) is 87.0 cm³/mol. The van der Waals surface area contributed by atoms with E-state index in [9.17, 15) is 0 Å². The Hall–Kier alpha value is -0.800. The van der Waals surface area contributed by atoms with Gasteiger partial charge in [-0.1, -0.05) is 50.1 Å². The first-order chi connectivity index (χ1) is 9.10. The zero-order chi connectivity index (χ0) is 13.8. The van der Waals surface area contributed by atoms with Crippen LogP contribution >= 0.6 is 31.9 Å². The molecule has 0 radical (unpaired) electrons. The average Bonchev–Trinajstić information content (AvgIpc) is 2.41. The van der Waals surface area contributed by atoms with Gasteiger partial charge in [0.1, 0.15) is 12.4 Å². The van der Waals surface area contributed by atoms with Crippen molar-refractivity contribution in [3.8, 4) is 5.75 Å². The molecule has 2 aromatic carbocycles. The van der Waals surface area contributed by atoms with Gasteiger partial charge < -0.3 is 4.74 Å². The molecule has 0 N–H and O–H groups in total. The summed E-state index contributed by atoms with van der Waals surface area (Å²) < 4.78 is 6.94. The second-order valence-electron chi connectivity index (χ2n) is 4.59. The van der Waals surface area contributed by atoms with Crippen LogP contribution in [0.2, 0.25) is 0 Å². The summed E-state index contributed by atoms with van der Waals surface area (Å²) in [6.45, 7) is 4.85. The van der Waals surface area contributed by atoms with Crippen LogP contribution in [-0.2, 0) is 11.9 Å². The van der Waals surface area contributed by atoms with Crippen molar-refractivity contribution < 1.29 is 4.74 Å². The van der Waals surface area contributed by atoms with Crippen LogP contribution in [0.1, 0.15) is 22.3 Å². The van der Waals surface area contributed by atoms with Crippen molar-refractivity contribution in [3.63, 3.8) is 0 Å². The summed E-state index contributed by atoms with van der Waals surface area (Å²) >= 11 is 6.99. The first-order valence-electron chi connectivity index (χ1n) is 6.13. The van der Waals surface area contributed by atoms with Crippen molar-refractivity contribution in [2.45, 2.75) is 25.8 Å². The first kappa shape index (κ1) is 14.6. The van der Waals surface area contributed by atoms with Crippen LogP contribution in [0.3, 0.4) is 0 Å². The lowest BCUT2D eigenvalue weighted by molar-refractivity contribution is 0.306. The van der Waals surface area contributed by atoms with E-state index in [-0.39, 0.29) is 0 Å². The Morgan fingerprint density at radius 2 is 1.79 bits per heavy atom. The molecule has 2 aromatic rings. The maximum Gasteiger partial charge on any atom is 0.120 e. The molecule has 0 aliphatic heterocycles. The number of benzene rings is 2. The Morgan fingerprint density at radius 1 is 1.00 bits per heavy atom. The molecule has 3 heteroatoms. The van der Waals surface area contributed by atoms with E-state index in [1.807, 2.05) is 12.1 Å². The van der Waals surface area contributed by atoms with Crippen molar-refractivity contribution >= 4 is 31.9 Å². The van der Waals surface area contributed by atoms with Gasteiger partial charge in [-0.3, -0.25) is 0 Å². The first-order valence-corrected chi connectivity index (χ1v) is 8.05. The fraction of sp³-hybridized carbons (Fsp3) is 0.250. The highest BCUT2D eigenvalue weighted by atomic mass is 79.9. The van der Waals surface area contributed by atoms with Crippen LogP contribution in [0.25, 0.3) is 0 Å². The van der Waals surface area contributed by atoms with Gasteiger partial charge in [-0.2, -0.15) is 0 Å². The Morgan fingerprint density at radius 3 is 2.47 bits per heavy atom. The van der Waals surface area contributed by atoms with Gasteiger partial charge in [-0.15, -0.1) is 0 Å².